The first-order valence-corrected chi connectivity index (χ1v) is 6.20. The Bertz CT molecular complexity index is 332. The molecule has 96 valence electrons. The van der Waals surface area contributed by atoms with E-state index < -0.39 is 11.9 Å². The van der Waals surface area contributed by atoms with Crippen LogP contribution in [0.1, 0.15) is 19.8 Å². The van der Waals surface area contributed by atoms with Crippen molar-refractivity contribution >= 4 is 11.9 Å². The number of amides is 1. The summed E-state index contributed by atoms with van der Waals surface area (Å²) in [5, 5.41) is 11.8. The van der Waals surface area contributed by atoms with Crippen LogP contribution in [0.5, 0.6) is 0 Å². The van der Waals surface area contributed by atoms with E-state index in [1.165, 1.54) is 0 Å². The lowest BCUT2D eigenvalue weighted by atomic mass is 9.94. The van der Waals surface area contributed by atoms with Gasteiger partial charge in [0.1, 0.15) is 0 Å². The lowest BCUT2D eigenvalue weighted by Gasteiger charge is -2.35. The summed E-state index contributed by atoms with van der Waals surface area (Å²) >= 11 is 0. The third-order valence-electron chi connectivity index (χ3n) is 3.88. The van der Waals surface area contributed by atoms with Crippen LogP contribution in [-0.2, 0) is 9.59 Å². The average Bonchev–Trinajstić information content (AvgIpc) is 3.01. The summed E-state index contributed by atoms with van der Waals surface area (Å²) in [6.07, 6.45) is 1.45. The van der Waals surface area contributed by atoms with E-state index in [-0.39, 0.29) is 17.9 Å². The van der Waals surface area contributed by atoms with Gasteiger partial charge in [-0.05, 0) is 32.4 Å². The predicted octanol–water partition coefficient (Wildman–Crippen LogP) is 0.164. The molecular weight excluding hydrogens is 220 g/mol. The van der Waals surface area contributed by atoms with Gasteiger partial charge in [0.15, 0.2) is 0 Å². The summed E-state index contributed by atoms with van der Waals surface area (Å²) in [7, 11) is 2.08. The van der Waals surface area contributed by atoms with Crippen molar-refractivity contribution in [2.45, 2.75) is 25.8 Å². The molecule has 1 aliphatic heterocycles. The Kier molecular flexibility index (Phi) is 3.38. The van der Waals surface area contributed by atoms with Crippen LogP contribution in [0.25, 0.3) is 0 Å². The van der Waals surface area contributed by atoms with E-state index in [4.69, 9.17) is 5.11 Å². The Morgan fingerprint density at radius 2 is 2.06 bits per heavy atom. The second-order valence-corrected chi connectivity index (χ2v) is 5.43. The average molecular weight is 240 g/mol. The Morgan fingerprint density at radius 1 is 1.35 bits per heavy atom. The largest absolute Gasteiger partial charge is 0.481 e. The van der Waals surface area contributed by atoms with Crippen molar-refractivity contribution in [3.8, 4) is 0 Å². The highest BCUT2D eigenvalue weighted by Crippen LogP contribution is 2.39. The molecule has 1 heterocycles. The summed E-state index contributed by atoms with van der Waals surface area (Å²) in [4.78, 5) is 24.8. The third-order valence-corrected chi connectivity index (χ3v) is 3.88. The first-order valence-electron chi connectivity index (χ1n) is 6.20. The Balaban J connectivity index is 1.81. The summed E-state index contributed by atoms with van der Waals surface area (Å²) in [5.74, 6) is -1.23. The van der Waals surface area contributed by atoms with Gasteiger partial charge in [0.05, 0.1) is 11.8 Å². The predicted molar refractivity (Wildman–Crippen MR) is 62.4 cm³/mol. The first-order chi connectivity index (χ1) is 7.99. The molecule has 0 spiro atoms. The number of nitrogens with zero attached hydrogens (tertiary/aromatic N) is 1. The van der Waals surface area contributed by atoms with Gasteiger partial charge in [-0.15, -0.1) is 0 Å². The molecule has 2 aliphatic rings. The van der Waals surface area contributed by atoms with Crippen molar-refractivity contribution in [2.24, 2.45) is 17.8 Å². The molecular formula is C12H20N2O3. The van der Waals surface area contributed by atoms with E-state index in [0.717, 1.165) is 19.5 Å². The number of carbonyl (C=O) groups excluding carboxylic acids is 1. The van der Waals surface area contributed by atoms with Crippen molar-refractivity contribution in [3.63, 3.8) is 0 Å². The highest BCUT2D eigenvalue weighted by Gasteiger charge is 2.48. The van der Waals surface area contributed by atoms with Crippen molar-refractivity contribution in [3.05, 3.63) is 0 Å². The summed E-state index contributed by atoms with van der Waals surface area (Å²) in [6.45, 7) is 4.10. The smallest absolute Gasteiger partial charge is 0.307 e. The molecule has 1 saturated carbocycles. The molecule has 2 fully saturated rings. The summed E-state index contributed by atoms with van der Waals surface area (Å²) < 4.78 is 0. The molecule has 4 unspecified atom stereocenters. The van der Waals surface area contributed by atoms with Gasteiger partial charge in [0, 0.05) is 12.6 Å². The van der Waals surface area contributed by atoms with E-state index in [1.54, 1.807) is 0 Å². The van der Waals surface area contributed by atoms with Crippen LogP contribution in [0.3, 0.4) is 0 Å². The van der Waals surface area contributed by atoms with Crippen LogP contribution in [-0.4, -0.2) is 48.1 Å². The van der Waals surface area contributed by atoms with E-state index in [2.05, 4.69) is 24.2 Å². The van der Waals surface area contributed by atoms with Gasteiger partial charge >= 0.3 is 5.97 Å². The van der Waals surface area contributed by atoms with Gasteiger partial charge < -0.3 is 15.3 Å². The number of aliphatic carboxylic acids is 1. The van der Waals surface area contributed by atoms with Gasteiger partial charge in [-0.25, -0.2) is 0 Å². The van der Waals surface area contributed by atoms with Crippen LogP contribution in [0.2, 0.25) is 0 Å². The molecule has 5 nitrogen and oxygen atoms in total. The molecule has 0 aromatic heterocycles. The van der Waals surface area contributed by atoms with Crippen LogP contribution >= 0.6 is 0 Å². The number of carboxylic acid groups (broad SMARTS) is 1. The van der Waals surface area contributed by atoms with Crippen molar-refractivity contribution in [1.29, 1.82) is 0 Å². The quantitative estimate of drug-likeness (QED) is 0.737. The third kappa shape index (κ3) is 2.77. The molecule has 2 N–H and O–H groups in total. The molecule has 1 aliphatic carbocycles. The maximum atomic E-state index is 11.8. The van der Waals surface area contributed by atoms with Crippen LogP contribution in [0.15, 0.2) is 0 Å². The van der Waals surface area contributed by atoms with Gasteiger partial charge in [-0.3, -0.25) is 9.59 Å². The second kappa shape index (κ2) is 4.64. The number of hydrogen-bond acceptors (Lipinski definition) is 3. The van der Waals surface area contributed by atoms with E-state index in [1.807, 2.05) is 0 Å². The highest BCUT2D eigenvalue weighted by atomic mass is 16.4. The lowest BCUT2D eigenvalue weighted by Crippen LogP contribution is -2.49. The summed E-state index contributed by atoms with van der Waals surface area (Å²) in [6, 6.07) is 0.203. The number of nitrogens with one attached hydrogen (secondary N) is 1. The number of carboxylic acids is 1. The van der Waals surface area contributed by atoms with E-state index in [0.29, 0.717) is 12.3 Å². The van der Waals surface area contributed by atoms with Gasteiger partial charge in [0.25, 0.3) is 0 Å². The zero-order valence-corrected chi connectivity index (χ0v) is 10.3. The summed E-state index contributed by atoms with van der Waals surface area (Å²) in [5.41, 5.74) is 0. The van der Waals surface area contributed by atoms with Gasteiger partial charge in [-0.1, -0.05) is 6.92 Å². The lowest BCUT2D eigenvalue weighted by molar-refractivity contribution is -0.140. The fourth-order valence-corrected chi connectivity index (χ4v) is 2.62. The number of rotatable bonds is 3. The molecule has 1 amide bonds. The zero-order chi connectivity index (χ0) is 12.6. The normalized spacial score (nSPS) is 37.5. The van der Waals surface area contributed by atoms with Gasteiger partial charge in [0.2, 0.25) is 5.91 Å². The number of carbonyl (C=O) groups is 2. The first kappa shape index (κ1) is 12.4. The molecule has 17 heavy (non-hydrogen) atoms. The Labute approximate surface area is 101 Å². The molecule has 4 atom stereocenters. The van der Waals surface area contributed by atoms with E-state index >= 15 is 0 Å². The molecule has 2 rings (SSSR count). The minimum Gasteiger partial charge on any atom is -0.481 e. The molecule has 1 saturated heterocycles. The number of piperidine rings is 1. The highest BCUT2D eigenvalue weighted by molar-refractivity contribution is 5.89. The van der Waals surface area contributed by atoms with Crippen molar-refractivity contribution in [1.82, 2.24) is 10.2 Å². The number of hydrogen-bond donors (Lipinski definition) is 2. The Hall–Kier alpha value is -1.10. The molecule has 0 aromatic carbocycles. The molecule has 0 radical (unpaired) electrons. The maximum Gasteiger partial charge on any atom is 0.307 e. The van der Waals surface area contributed by atoms with E-state index in [9.17, 15) is 9.59 Å². The van der Waals surface area contributed by atoms with Crippen molar-refractivity contribution < 1.29 is 14.7 Å². The van der Waals surface area contributed by atoms with Gasteiger partial charge in [-0.2, -0.15) is 0 Å². The topological polar surface area (TPSA) is 69.6 Å². The van der Waals surface area contributed by atoms with Crippen LogP contribution < -0.4 is 5.32 Å². The SMILES string of the molecule is CC1CN(C)CCC1NC(=O)C1CC1C(=O)O. The standard InChI is InChI=1S/C12H20N2O3/c1-7-6-14(2)4-3-10(7)13-11(15)8-5-9(8)12(16)17/h7-10H,3-6H2,1-2H3,(H,13,15)(H,16,17). The molecule has 0 bridgehead atoms. The fraction of sp³-hybridized carbons (Fsp3) is 0.833. The van der Waals surface area contributed by atoms with Crippen molar-refractivity contribution in [2.75, 3.05) is 20.1 Å². The second-order valence-electron chi connectivity index (χ2n) is 5.43. The van der Waals surface area contributed by atoms with Crippen LogP contribution in [0, 0.1) is 17.8 Å². The zero-order valence-electron chi connectivity index (χ0n) is 10.3. The fourth-order valence-electron chi connectivity index (χ4n) is 2.62. The Morgan fingerprint density at radius 3 is 2.59 bits per heavy atom. The number of likely N-dealkylation sites (tertiary alicyclic amines) is 1. The molecule has 0 aromatic rings. The minimum atomic E-state index is -0.846. The monoisotopic (exact) mass is 240 g/mol. The minimum absolute atomic E-state index is 0.0706. The maximum absolute atomic E-state index is 11.8. The van der Waals surface area contributed by atoms with Crippen LogP contribution in [0.4, 0.5) is 0 Å². The molecule has 5 heteroatoms.